The van der Waals surface area contributed by atoms with Gasteiger partial charge in [0.15, 0.2) is 0 Å². The number of aromatic nitrogens is 2. The van der Waals surface area contributed by atoms with Gasteiger partial charge in [0.1, 0.15) is 17.1 Å². The monoisotopic (exact) mass is 429 g/mol. The zero-order valence-corrected chi connectivity index (χ0v) is 16.7. The van der Waals surface area contributed by atoms with Crippen LogP contribution in [0.3, 0.4) is 0 Å². The quantitative estimate of drug-likeness (QED) is 0.388. The SMILES string of the molecule is Oc1c(C(Nc2cc(Cl)ccn2)c2ccc(Cl)c(Cl)c2)ccc2cccnc12. The zero-order chi connectivity index (χ0) is 19.7. The standard InChI is InChI=1S/C21H14Cl3N3O/c22-14-7-9-25-18(11-14)27-19(13-4-6-16(23)17(24)10-13)15-5-3-12-2-1-8-26-20(12)21(15)28/h1-11,19,28H,(H,25,27). The van der Waals surface area contributed by atoms with Crippen molar-refractivity contribution in [1.82, 2.24) is 9.97 Å². The molecule has 2 aromatic heterocycles. The second-order valence-corrected chi connectivity index (χ2v) is 7.44. The van der Waals surface area contributed by atoms with Crippen LogP contribution < -0.4 is 5.32 Å². The van der Waals surface area contributed by atoms with Crippen molar-refractivity contribution in [2.45, 2.75) is 6.04 Å². The molecule has 28 heavy (non-hydrogen) atoms. The van der Waals surface area contributed by atoms with Gasteiger partial charge in [-0.1, -0.05) is 59.1 Å². The molecule has 0 bridgehead atoms. The molecule has 0 fully saturated rings. The van der Waals surface area contributed by atoms with Crippen LogP contribution in [0, 0.1) is 0 Å². The minimum Gasteiger partial charge on any atom is -0.505 e. The molecule has 2 aromatic carbocycles. The molecule has 2 N–H and O–H groups in total. The number of hydrogen-bond donors (Lipinski definition) is 2. The highest BCUT2D eigenvalue weighted by Crippen LogP contribution is 2.38. The summed E-state index contributed by atoms with van der Waals surface area (Å²) in [5.74, 6) is 0.646. The Morgan fingerprint density at radius 1 is 0.857 bits per heavy atom. The molecule has 0 amide bonds. The number of nitrogens with one attached hydrogen (secondary N) is 1. The van der Waals surface area contributed by atoms with E-state index >= 15 is 0 Å². The summed E-state index contributed by atoms with van der Waals surface area (Å²) < 4.78 is 0. The number of aromatic hydroxyl groups is 1. The summed E-state index contributed by atoms with van der Waals surface area (Å²) in [6.45, 7) is 0. The third-order valence-corrected chi connectivity index (χ3v) is 5.36. The van der Waals surface area contributed by atoms with E-state index in [1.54, 1.807) is 36.7 Å². The third-order valence-electron chi connectivity index (χ3n) is 4.38. The molecule has 140 valence electrons. The van der Waals surface area contributed by atoms with Gasteiger partial charge in [0.2, 0.25) is 0 Å². The molecule has 1 atom stereocenters. The topological polar surface area (TPSA) is 58.0 Å². The molecule has 0 aliphatic rings. The summed E-state index contributed by atoms with van der Waals surface area (Å²) in [6.07, 6.45) is 3.25. The molecule has 2 heterocycles. The molecule has 0 saturated heterocycles. The van der Waals surface area contributed by atoms with Crippen LogP contribution in [-0.2, 0) is 0 Å². The predicted octanol–water partition coefficient (Wildman–Crippen LogP) is 6.50. The van der Waals surface area contributed by atoms with Gasteiger partial charge in [0.05, 0.1) is 16.1 Å². The van der Waals surface area contributed by atoms with E-state index in [1.807, 2.05) is 30.3 Å². The van der Waals surface area contributed by atoms with E-state index in [9.17, 15) is 5.11 Å². The lowest BCUT2D eigenvalue weighted by molar-refractivity contribution is 0.471. The molecule has 4 nitrogen and oxygen atoms in total. The van der Waals surface area contributed by atoms with E-state index in [0.29, 0.717) is 32.0 Å². The van der Waals surface area contributed by atoms with Gasteiger partial charge in [-0.15, -0.1) is 0 Å². The van der Waals surface area contributed by atoms with Gasteiger partial charge in [-0.25, -0.2) is 4.98 Å². The van der Waals surface area contributed by atoms with Crippen LogP contribution in [0.25, 0.3) is 10.9 Å². The number of rotatable bonds is 4. The Hall–Kier alpha value is -2.53. The fourth-order valence-electron chi connectivity index (χ4n) is 3.04. The first kappa shape index (κ1) is 18.8. The summed E-state index contributed by atoms with van der Waals surface area (Å²) >= 11 is 18.4. The molecular formula is C21H14Cl3N3O. The zero-order valence-electron chi connectivity index (χ0n) is 14.4. The summed E-state index contributed by atoms with van der Waals surface area (Å²) in [5.41, 5.74) is 1.96. The van der Waals surface area contributed by atoms with Crippen LogP contribution in [0.4, 0.5) is 5.82 Å². The first-order valence-electron chi connectivity index (χ1n) is 8.42. The number of hydrogen-bond acceptors (Lipinski definition) is 4. The van der Waals surface area contributed by atoms with Crippen molar-refractivity contribution in [3.8, 4) is 5.75 Å². The molecule has 7 heteroatoms. The number of fused-ring (bicyclic) bond motifs is 1. The second kappa shape index (κ2) is 7.84. The number of halogens is 3. The number of nitrogens with zero attached hydrogens (tertiary/aromatic N) is 2. The largest absolute Gasteiger partial charge is 0.505 e. The van der Waals surface area contributed by atoms with Crippen molar-refractivity contribution in [3.05, 3.63) is 93.2 Å². The highest BCUT2D eigenvalue weighted by molar-refractivity contribution is 6.42. The van der Waals surface area contributed by atoms with Crippen molar-refractivity contribution >= 4 is 51.5 Å². The minimum atomic E-state index is -0.452. The number of phenolic OH excluding ortho intramolecular Hbond substituents is 1. The van der Waals surface area contributed by atoms with Crippen molar-refractivity contribution in [2.75, 3.05) is 5.32 Å². The van der Waals surface area contributed by atoms with E-state index in [0.717, 1.165) is 10.9 Å². The van der Waals surface area contributed by atoms with Crippen LogP contribution in [0.15, 0.2) is 67.0 Å². The molecule has 0 saturated carbocycles. The first-order valence-corrected chi connectivity index (χ1v) is 9.56. The lowest BCUT2D eigenvalue weighted by Gasteiger charge is -2.22. The van der Waals surface area contributed by atoms with Crippen LogP contribution in [-0.4, -0.2) is 15.1 Å². The summed E-state index contributed by atoms with van der Waals surface area (Å²) in [5, 5.41) is 16.5. The Labute approximate surface area is 176 Å². The van der Waals surface area contributed by atoms with Gasteiger partial charge < -0.3 is 10.4 Å². The van der Waals surface area contributed by atoms with E-state index in [-0.39, 0.29) is 5.75 Å². The highest BCUT2D eigenvalue weighted by Gasteiger charge is 2.21. The van der Waals surface area contributed by atoms with Crippen molar-refractivity contribution < 1.29 is 5.11 Å². The van der Waals surface area contributed by atoms with E-state index < -0.39 is 6.04 Å². The normalized spacial score (nSPS) is 12.1. The van der Waals surface area contributed by atoms with Crippen LogP contribution >= 0.6 is 34.8 Å². The van der Waals surface area contributed by atoms with Crippen molar-refractivity contribution in [2.24, 2.45) is 0 Å². The van der Waals surface area contributed by atoms with Gasteiger partial charge in [-0.2, -0.15) is 0 Å². The number of pyridine rings is 2. The Kier molecular flexibility index (Phi) is 5.27. The fourth-order valence-corrected chi connectivity index (χ4v) is 3.51. The summed E-state index contributed by atoms with van der Waals surface area (Å²) in [7, 11) is 0. The van der Waals surface area contributed by atoms with Gasteiger partial charge >= 0.3 is 0 Å². The fraction of sp³-hybridized carbons (Fsp3) is 0.0476. The van der Waals surface area contributed by atoms with E-state index in [2.05, 4.69) is 15.3 Å². The third kappa shape index (κ3) is 3.72. The van der Waals surface area contributed by atoms with Gasteiger partial charge in [-0.3, -0.25) is 4.98 Å². The average molecular weight is 431 g/mol. The van der Waals surface area contributed by atoms with Gasteiger partial charge in [-0.05, 0) is 35.9 Å². The maximum atomic E-state index is 10.9. The van der Waals surface area contributed by atoms with E-state index in [4.69, 9.17) is 34.8 Å². The van der Waals surface area contributed by atoms with Crippen molar-refractivity contribution in [3.63, 3.8) is 0 Å². The Morgan fingerprint density at radius 3 is 2.50 bits per heavy atom. The van der Waals surface area contributed by atoms with Gasteiger partial charge in [0.25, 0.3) is 0 Å². The number of phenols is 1. The number of anilines is 1. The first-order chi connectivity index (χ1) is 13.5. The highest BCUT2D eigenvalue weighted by atomic mass is 35.5. The molecule has 0 aliphatic heterocycles. The molecule has 0 aliphatic carbocycles. The maximum Gasteiger partial charge on any atom is 0.147 e. The number of benzene rings is 2. The Balaban J connectivity index is 1.87. The molecule has 1 unspecified atom stereocenters. The smallest absolute Gasteiger partial charge is 0.147 e. The lowest BCUT2D eigenvalue weighted by Crippen LogP contribution is -2.14. The van der Waals surface area contributed by atoms with Crippen LogP contribution in [0.1, 0.15) is 17.2 Å². The van der Waals surface area contributed by atoms with Crippen molar-refractivity contribution in [1.29, 1.82) is 0 Å². The molecule has 4 aromatic rings. The summed E-state index contributed by atoms with van der Waals surface area (Å²) in [6, 6.07) is 15.8. The Bertz CT molecular complexity index is 1170. The molecule has 4 rings (SSSR count). The van der Waals surface area contributed by atoms with E-state index in [1.165, 1.54) is 0 Å². The van der Waals surface area contributed by atoms with Crippen LogP contribution in [0.2, 0.25) is 15.1 Å². The van der Waals surface area contributed by atoms with Gasteiger partial charge in [0, 0.05) is 28.4 Å². The minimum absolute atomic E-state index is 0.0868. The summed E-state index contributed by atoms with van der Waals surface area (Å²) in [4.78, 5) is 8.62. The predicted molar refractivity (Wildman–Crippen MR) is 115 cm³/mol. The Morgan fingerprint density at radius 2 is 1.71 bits per heavy atom. The second-order valence-electron chi connectivity index (χ2n) is 6.19. The lowest BCUT2D eigenvalue weighted by atomic mass is 9.96. The molecular weight excluding hydrogens is 417 g/mol. The maximum absolute atomic E-state index is 10.9. The molecule has 0 spiro atoms. The van der Waals surface area contributed by atoms with Crippen LogP contribution in [0.5, 0.6) is 5.75 Å². The average Bonchev–Trinajstić information content (AvgIpc) is 2.69. The molecule has 0 radical (unpaired) electrons.